The largest absolute Gasteiger partial charge is 0.508 e. The first-order valence-electron chi connectivity index (χ1n) is 9.98. The fourth-order valence-electron chi connectivity index (χ4n) is 4.09. The Hall–Kier alpha value is -2.58. The second-order valence-corrected chi connectivity index (χ2v) is 9.42. The van der Waals surface area contributed by atoms with Gasteiger partial charge in [-0.25, -0.2) is 9.78 Å². The molecule has 0 saturated heterocycles. The van der Waals surface area contributed by atoms with Gasteiger partial charge in [-0.2, -0.15) is 0 Å². The molecule has 5 rings (SSSR count). The maximum absolute atomic E-state index is 13.3. The van der Waals surface area contributed by atoms with Gasteiger partial charge in [-0.15, -0.1) is 11.3 Å². The molecule has 3 aromatic heterocycles. The normalized spacial score (nSPS) is 13.8. The van der Waals surface area contributed by atoms with E-state index in [9.17, 15) is 14.7 Å². The number of hydrogen-bond donors (Lipinski definition) is 1. The zero-order valence-corrected chi connectivity index (χ0v) is 18.1. The maximum atomic E-state index is 13.3. The second kappa shape index (κ2) is 7.59. The fraction of sp³-hybridized carbons (Fsp3) is 0.318. The molecule has 0 unspecified atom stereocenters. The Balaban J connectivity index is 1.57. The summed E-state index contributed by atoms with van der Waals surface area (Å²) in [5.41, 5.74) is 1.90. The Labute approximate surface area is 180 Å². The summed E-state index contributed by atoms with van der Waals surface area (Å²) in [4.78, 5) is 32.2. The minimum Gasteiger partial charge on any atom is -0.508 e. The van der Waals surface area contributed by atoms with Gasteiger partial charge in [0, 0.05) is 34.7 Å². The van der Waals surface area contributed by atoms with Gasteiger partial charge in [-0.05, 0) is 55.9 Å². The summed E-state index contributed by atoms with van der Waals surface area (Å²) in [6.45, 7) is 2.49. The smallest absolute Gasteiger partial charge is 0.336 e. The van der Waals surface area contributed by atoms with Crippen LogP contribution in [0.4, 0.5) is 0 Å². The third kappa shape index (κ3) is 3.24. The lowest BCUT2D eigenvalue weighted by Crippen LogP contribution is -2.23. The van der Waals surface area contributed by atoms with Crippen LogP contribution in [0.1, 0.15) is 35.8 Å². The summed E-state index contributed by atoms with van der Waals surface area (Å²) in [6, 6.07) is 6.20. The van der Waals surface area contributed by atoms with Gasteiger partial charge in [-0.3, -0.25) is 9.36 Å². The van der Waals surface area contributed by atoms with Gasteiger partial charge in [0.15, 0.2) is 5.16 Å². The molecule has 0 fully saturated rings. The number of thiophene rings is 1. The summed E-state index contributed by atoms with van der Waals surface area (Å²) in [6.07, 6.45) is 4.28. The van der Waals surface area contributed by atoms with Crippen LogP contribution in [-0.2, 0) is 25.1 Å². The number of hydrogen-bond acceptors (Lipinski definition) is 7. The van der Waals surface area contributed by atoms with Gasteiger partial charge in [0.1, 0.15) is 16.2 Å². The van der Waals surface area contributed by atoms with E-state index in [0.29, 0.717) is 23.0 Å². The van der Waals surface area contributed by atoms with Gasteiger partial charge in [0.2, 0.25) is 0 Å². The monoisotopic (exact) mass is 440 g/mol. The summed E-state index contributed by atoms with van der Waals surface area (Å²) in [5.74, 6) is 0.514. The minimum atomic E-state index is -0.467. The number of thioether (sulfide) groups is 1. The highest BCUT2D eigenvalue weighted by molar-refractivity contribution is 7.98. The number of aromatic hydroxyl groups is 1. The first-order valence-corrected chi connectivity index (χ1v) is 11.8. The molecule has 0 bridgehead atoms. The van der Waals surface area contributed by atoms with Gasteiger partial charge in [-0.1, -0.05) is 11.8 Å². The van der Waals surface area contributed by atoms with E-state index in [0.717, 1.165) is 40.4 Å². The van der Waals surface area contributed by atoms with E-state index < -0.39 is 5.63 Å². The molecule has 3 heterocycles. The lowest BCUT2D eigenvalue weighted by atomic mass is 9.97. The van der Waals surface area contributed by atoms with Crippen molar-refractivity contribution in [2.24, 2.45) is 0 Å². The second-order valence-electron chi connectivity index (χ2n) is 7.39. The first kappa shape index (κ1) is 19.4. The third-order valence-corrected chi connectivity index (χ3v) is 7.74. The predicted molar refractivity (Wildman–Crippen MR) is 120 cm³/mol. The molecule has 0 spiro atoms. The SMILES string of the molecule is CCn1c(SCc2cc(=O)oc3cc(O)ccc23)nc2sc3c(c2c1=O)CCCC3. The molecule has 30 heavy (non-hydrogen) atoms. The van der Waals surface area contributed by atoms with Gasteiger partial charge >= 0.3 is 5.63 Å². The molecule has 1 aromatic carbocycles. The predicted octanol–water partition coefficient (Wildman–Crippen LogP) is 4.46. The van der Waals surface area contributed by atoms with Crippen LogP contribution < -0.4 is 11.2 Å². The van der Waals surface area contributed by atoms with E-state index in [1.807, 2.05) is 6.92 Å². The van der Waals surface area contributed by atoms with E-state index in [2.05, 4.69) is 0 Å². The molecule has 0 radical (unpaired) electrons. The van der Waals surface area contributed by atoms with Crippen LogP contribution in [-0.4, -0.2) is 14.7 Å². The highest BCUT2D eigenvalue weighted by Gasteiger charge is 2.22. The zero-order valence-electron chi connectivity index (χ0n) is 16.4. The molecule has 8 heteroatoms. The Bertz CT molecular complexity index is 1400. The van der Waals surface area contributed by atoms with Crippen molar-refractivity contribution in [1.29, 1.82) is 0 Å². The average molecular weight is 441 g/mol. The molecule has 4 aromatic rings. The summed E-state index contributed by atoms with van der Waals surface area (Å²) < 4.78 is 6.94. The Morgan fingerprint density at radius 2 is 2.07 bits per heavy atom. The van der Waals surface area contributed by atoms with Crippen molar-refractivity contribution in [1.82, 2.24) is 9.55 Å². The van der Waals surface area contributed by atoms with Crippen LogP contribution in [0.2, 0.25) is 0 Å². The van der Waals surface area contributed by atoms with Crippen molar-refractivity contribution in [3.8, 4) is 5.75 Å². The van der Waals surface area contributed by atoms with Gasteiger partial charge < -0.3 is 9.52 Å². The molecule has 0 amide bonds. The molecule has 1 aliphatic carbocycles. The van der Waals surface area contributed by atoms with Crippen LogP contribution in [0.25, 0.3) is 21.2 Å². The van der Waals surface area contributed by atoms with Crippen LogP contribution in [0.3, 0.4) is 0 Å². The van der Waals surface area contributed by atoms with E-state index in [1.165, 1.54) is 40.8 Å². The first-order chi connectivity index (χ1) is 14.5. The number of aromatic nitrogens is 2. The standard InChI is InChI=1S/C22H20N2O4S2/c1-2-24-21(27)19-15-5-3-4-6-17(15)30-20(19)23-22(24)29-11-12-9-18(26)28-16-10-13(25)7-8-14(12)16/h7-10,25H,2-6,11H2,1H3. The highest BCUT2D eigenvalue weighted by atomic mass is 32.2. The third-order valence-electron chi connectivity index (χ3n) is 5.53. The van der Waals surface area contributed by atoms with Crippen LogP contribution in [0.5, 0.6) is 5.75 Å². The number of rotatable bonds is 4. The van der Waals surface area contributed by atoms with Crippen molar-refractivity contribution >= 4 is 44.3 Å². The van der Waals surface area contributed by atoms with E-state index in [4.69, 9.17) is 9.40 Å². The Morgan fingerprint density at radius 1 is 1.23 bits per heavy atom. The molecular formula is C22H20N2O4S2. The summed E-state index contributed by atoms with van der Waals surface area (Å²) in [5, 5.41) is 11.9. The Morgan fingerprint density at radius 3 is 2.90 bits per heavy atom. The van der Waals surface area contributed by atoms with Crippen molar-refractivity contribution in [3.63, 3.8) is 0 Å². The zero-order chi connectivity index (χ0) is 20.8. The Kier molecular flexibility index (Phi) is 4.91. The quantitative estimate of drug-likeness (QED) is 0.286. The molecule has 6 nitrogen and oxygen atoms in total. The number of phenols is 1. The number of phenolic OH excluding ortho intramolecular Hbond substituents is 1. The van der Waals surface area contributed by atoms with Crippen LogP contribution >= 0.6 is 23.1 Å². The lowest BCUT2D eigenvalue weighted by molar-refractivity contribution is 0.473. The maximum Gasteiger partial charge on any atom is 0.336 e. The van der Waals surface area contributed by atoms with Crippen molar-refractivity contribution in [2.75, 3.05) is 0 Å². The summed E-state index contributed by atoms with van der Waals surface area (Å²) >= 11 is 3.09. The van der Waals surface area contributed by atoms with E-state index >= 15 is 0 Å². The molecule has 0 saturated carbocycles. The van der Waals surface area contributed by atoms with Crippen molar-refractivity contribution < 1.29 is 9.52 Å². The van der Waals surface area contributed by atoms with E-state index in [1.54, 1.807) is 28.0 Å². The number of nitrogens with zero attached hydrogens (tertiary/aromatic N) is 2. The highest BCUT2D eigenvalue weighted by Crippen LogP contribution is 2.35. The van der Waals surface area contributed by atoms with Crippen molar-refractivity contribution in [3.05, 3.63) is 61.0 Å². The number of benzene rings is 1. The number of aryl methyl sites for hydroxylation is 2. The van der Waals surface area contributed by atoms with E-state index in [-0.39, 0.29) is 11.3 Å². The van der Waals surface area contributed by atoms with Crippen LogP contribution in [0.15, 0.2) is 43.4 Å². The topological polar surface area (TPSA) is 85.3 Å². The molecule has 154 valence electrons. The lowest BCUT2D eigenvalue weighted by Gasteiger charge is -2.12. The van der Waals surface area contributed by atoms with Gasteiger partial charge in [0.25, 0.3) is 5.56 Å². The molecule has 1 N–H and O–H groups in total. The molecule has 1 aliphatic rings. The number of fused-ring (bicyclic) bond motifs is 4. The summed E-state index contributed by atoms with van der Waals surface area (Å²) in [7, 11) is 0. The average Bonchev–Trinajstić information content (AvgIpc) is 3.10. The molecule has 0 aliphatic heterocycles. The van der Waals surface area contributed by atoms with Crippen molar-refractivity contribution in [2.45, 2.75) is 50.1 Å². The molecular weight excluding hydrogens is 420 g/mol. The fourth-order valence-corrected chi connectivity index (χ4v) is 6.45. The van der Waals surface area contributed by atoms with Crippen LogP contribution in [0, 0.1) is 0 Å². The molecule has 0 atom stereocenters. The van der Waals surface area contributed by atoms with Gasteiger partial charge in [0.05, 0.1) is 5.39 Å². The minimum absolute atomic E-state index is 0.0340.